The van der Waals surface area contributed by atoms with Gasteiger partial charge in [0.05, 0.1) is 13.2 Å². The third-order valence-corrected chi connectivity index (χ3v) is 3.15. The molecule has 0 fully saturated rings. The topological polar surface area (TPSA) is 64.9 Å². The summed E-state index contributed by atoms with van der Waals surface area (Å²) in [7, 11) is 1.68. The van der Waals surface area contributed by atoms with E-state index in [0.717, 1.165) is 30.4 Å². The first-order chi connectivity index (χ1) is 9.79. The summed E-state index contributed by atoms with van der Waals surface area (Å²) in [6.45, 7) is 2.83. The van der Waals surface area contributed by atoms with Gasteiger partial charge in [-0.25, -0.2) is 4.68 Å². The molecule has 1 heterocycles. The van der Waals surface area contributed by atoms with E-state index in [1.165, 1.54) is 5.56 Å². The van der Waals surface area contributed by atoms with Gasteiger partial charge in [0.1, 0.15) is 0 Å². The van der Waals surface area contributed by atoms with Crippen molar-refractivity contribution in [3.05, 3.63) is 40.7 Å². The van der Waals surface area contributed by atoms with Crippen LogP contribution in [0, 0.1) is 0 Å². The van der Waals surface area contributed by atoms with Crippen molar-refractivity contribution >= 4 is 11.6 Å². The van der Waals surface area contributed by atoms with Gasteiger partial charge in [-0.05, 0) is 34.5 Å². The number of hydrogen-bond acceptors (Lipinski definition) is 5. The van der Waals surface area contributed by atoms with E-state index in [9.17, 15) is 0 Å². The molecule has 0 atom stereocenters. The van der Waals surface area contributed by atoms with Crippen LogP contribution in [0.1, 0.15) is 11.4 Å². The Morgan fingerprint density at radius 2 is 2.10 bits per heavy atom. The van der Waals surface area contributed by atoms with Crippen LogP contribution in [-0.2, 0) is 24.2 Å². The Hall–Kier alpha value is -1.50. The zero-order valence-electron chi connectivity index (χ0n) is 11.4. The van der Waals surface area contributed by atoms with Gasteiger partial charge in [-0.15, -0.1) is 5.10 Å². The Bertz CT molecular complexity index is 514. The first kappa shape index (κ1) is 14.9. The maximum atomic E-state index is 5.86. The highest BCUT2D eigenvalue weighted by molar-refractivity contribution is 6.30. The Kier molecular flexibility index (Phi) is 5.91. The maximum absolute atomic E-state index is 5.86. The van der Waals surface area contributed by atoms with Crippen molar-refractivity contribution in [2.75, 3.05) is 20.3 Å². The minimum atomic E-state index is 0.636. The number of benzene rings is 1. The van der Waals surface area contributed by atoms with Crippen molar-refractivity contribution in [2.45, 2.75) is 19.5 Å². The first-order valence-electron chi connectivity index (χ1n) is 6.48. The number of halogens is 1. The molecule has 1 N–H and O–H groups in total. The molecule has 20 heavy (non-hydrogen) atoms. The van der Waals surface area contributed by atoms with Gasteiger partial charge in [0.15, 0.2) is 5.82 Å². The number of aryl methyl sites for hydroxylation is 2. The molecule has 108 valence electrons. The van der Waals surface area contributed by atoms with Gasteiger partial charge in [-0.1, -0.05) is 23.7 Å². The van der Waals surface area contributed by atoms with Crippen LogP contribution in [0.3, 0.4) is 0 Å². The fraction of sp³-hybridized carbons (Fsp3) is 0.462. The molecular formula is C13H18ClN5O. The molecule has 0 aliphatic rings. The van der Waals surface area contributed by atoms with Crippen molar-refractivity contribution in [3.63, 3.8) is 0 Å². The summed E-state index contributed by atoms with van der Waals surface area (Å²) in [6, 6.07) is 7.82. The molecule has 0 saturated carbocycles. The van der Waals surface area contributed by atoms with Crippen LogP contribution in [0.5, 0.6) is 0 Å². The lowest BCUT2D eigenvalue weighted by molar-refractivity contribution is 0.198. The summed E-state index contributed by atoms with van der Waals surface area (Å²) < 4.78 is 6.79. The molecule has 1 aromatic carbocycles. The third-order valence-electron chi connectivity index (χ3n) is 2.90. The monoisotopic (exact) mass is 295 g/mol. The third kappa shape index (κ3) is 4.56. The Morgan fingerprint density at radius 3 is 2.85 bits per heavy atom. The Morgan fingerprint density at radius 1 is 1.30 bits per heavy atom. The van der Waals surface area contributed by atoms with E-state index < -0.39 is 0 Å². The summed E-state index contributed by atoms with van der Waals surface area (Å²) in [5, 5.41) is 15.7. The smallest absolute Gasteiger partial charge is 0.165 e. The normalized spacial score (nSPS) is 10.9. The minimum absolute atomic E-state index is 0.636. The second kappa shape index (κ2) is 7.94. The number of aromatic nitrogens is 4. The minimum Gasteiger partial charge on any atom is -0.383 e. The van der Waals surface area contributed by atoms with Crippen molar-refractivity contribution in [3.8, 4) is 0 Å². The van der Waals surface area contributed by atoms with Crippen LogP contribution in [0.25, 0.3) is 0 Å². The largest absolute Gasteiger partial charge is 0.383 e. The van der Waals surface area contributed by atoms with Crippen LogP contribution in [0.4, 0.5) is 0 Å². The number of tetrazole rings is 1. The molecule has 0 spiro atoms. The highest BCUT2D eigenvalue weighted by atomic mass is 35.5. The molecule has 6 nitrogen and oxygen atoms in total. The van der Waals surface area contributed by atoms with Gasteiger partial charge in [0.25, 0.3) is 0 Å². The predicted octanol–water partition coefficient (Wildman–Crippen LogP) is 1.31. The molecule has 0 unspecified atom stereocenters. The van der Waals surface area contributed by atoms with Crippen LogP contribution in [0.15, 0.2) is 24.3 Å². The van der Waals surface area contributed by atoms with E-state index in [0.29, 0.717) is 13.2 Å². The number of methoxy groups -OCH3 is 1. The zero-order valence-corrected chi connectivity index (χ0v) is 12.2. The molecule has 0 aliphatic carbocycles. The van der Waals surface area contributed by atoms with Gasteiger partial charge in [-0.2, -0.15) is 0 Å². The second-order valence-electron chi connectivity index (χ2n) is 4.36. The fourth-order valence-corrected chi connectivity index (χ4v) is 1.91. The first-order valence-corrected chi connectivity index (χ1v) is 6.86. The molecule has 0 amide bonds. The number of hydrogen-bond donors (Lipinski definition) is 1. The van der Waals surface area contributed by atoms with Gasteiger partial charge in [-0.3, -0.25) is 0 Å². The summed E-state index contributed by atoms with van der Waals surface area (Å²) in [4.78, 5) is 0. The predicted molar refractivity (Wildman–Crippen MR) is 76.6 cm³/mol. The van der Waals surface area contributed by atoms with E-state index in [1.54, 1.807) is 7.11 Å². The van der Waals surface area contributed by atoms with Crippen LogP contribution < -0.4 is 5.32 Å². The van der Waals surface area contributed by atoms with Crippen LogP contribution in [0.2, 0.25) is 5.02 Å². The van der Waals surface area contributed by atoms with E-state index in [-0.39, 0.29) is 0 Å². The van der Waals surface area contributed by atoms with E-state index >= 15 is 0 Å². The molecule has 1 aromatic heterocycles. The Balaban J connectivity index is 1.83. The van der Waals surface area contributed by atoms with Crippen molar-refractivity contribution < 1.29 is 4.74 Å². The van der Waals surface area contributed by atoms with Crippen molar-refractivity contribution in [1.82, 2.24) is 25.5 Å². The quantitative estimate of drug-likeness (QED) is 0.744. The number of nitrogens with zero attached hydrogens (tertiary/aromatic N) is 4. The summed E-state index contributed by atoms with van der Waals surface area (Å²) >= 11 is 5.86. The Labute approximate surface area is 123 Å². The average molecular weight is 296 g/mol. The molecule has 0 bridgehead atoms. The van der Waals surface area contributed by atoms with E-state index in [4.69, 9.17) is 16.3 Å². The lowest BCUT2D eigenvalue weighted by Gasteiger charge is -2.06. The number of nitrogens with one attached hydrogen (secondary N) is 1. The highest BCUT2D eigenvalue weighted by Crippen LogP contribution is 2.10. The van der Waals surface area contributed by atoms with E-state index in [1.807, 2.05) is 28.9 Å². The van der Waals surface area contributed by atoms with Crippen LogP contribution >= 0.6 is 11.6 Å². The van der Waals surface area contributed by atoms with Crippen LogP contribution in [-0.4, -0.2) is 40.5 Å². The standard InChI is InChI=1S/C13H18ClN5O/c1-20-9-7-15-10-13-16-17-18-19(13)8-6-11-2-4-12(14)5-3-11/h2-5,15H,6-10H2,1H3. The molecule has 0 aliphatic heterocycles. The summed E-state index contributed by atoms with van der Waals surface area (Å²) in [5.41, 5.74) is 1.21. The summed E-state index contributed by atoms with van der Waals surface area (Å²) in [6.07, 6.45) is 0.868. The second-order valence-corrected chi connectivity index (χ2v) is 4.80. The molecule has 0 radical (unpaired) electrons. The highest BCUT2D eigenvalue weighted by Gasteiger charge is 2.05. The molecule has 7 heteroatoms. The lowest BCUT2D eigenvalue weighted by Crippen LogP contribution is -2.21. The van der Waals surface area contributed by atoms with Gasteiger partial charge in [0, 0.05) is 25.2 Å². The molecule has 0 saturated heterocycles. The van der Waals surface area contributed by atoms with Gasteiger partial charge in [0.2, 0.25) is 0 Å². The zero-order chi connectivity index (χ0) is 14.2. The van der Waals surface area contributed by atoms with Crippen molar-refractivity contribution in [1.29, 1.82) is 0 Å². The van der Waals surface area contributed by atoms with Crippen molar-refractivity contribution in [2.24, 2.45) is 0 Å². The SMILES string of the molecule is COCCNCc1nnnn1CCc1ccc(Cl)cc1. The maximum Gasteiger partial charge on any atom is 0.165 e. The average Bonchev–Trinajstić information content (AvgIpc) is 2.90. The summed E-state index contributed by atoms with van der Waals surface area (Å²) in [5.74, 6) is 0.829. The molecule has 2 aromatic rings. The van der Waals surface area contributed by atoms with Gasteiger partial charge >= 0.3 is 0 Å². The molecular weight excluding hydrogens is 278 g/mol. The van der Waals surface area contributed by atoms with Gasteiger partial charge < -0.3 is 10.1 Å². The molecule has 2 rings (SSSR count). The number of ether oxygens (including phenoxy) is 1. The fourth-order valence-electron chi connectivity index (χ4n) is 1.78. The number of rotatable bonds is 8. The van der Waals surface area contributed by atoms with E-state index in [2.05, 4.69) is 20.8 Å². The lowest BCUT2D eigenvalue weighted by atomic mass is 10.1.